The molecule has 6 heavy (non-hydrogen) atoms. The number of thiol groups is 1. The Kier molecular flexibility index (Phi) is 0.512. The summed E-state index contributed by atoms with van der Waals surface area (Å²) < 4.78 is -0.934. The monoisotopic (exact) mass is 288 g/mol. The average Bonchev–Trinajstić information content (AvgIpc) is 1.71. The van der Waals surface area contributed by atoms with Gasteiger partial charge in [0, 0.05) is 0 Å². The maximum absolute atomic E-state index is 2.74. The minimum atomic E-state index is -0.629. The van der Waals surface area contributed by atoms with Crippen molar-refractivity contribution in [2.24, 2.45) is 0 Å². The summed E-state index contributed by atoms with van der Waals surface area (Å²) in [6.45, 7) is 0. The van der Waals surface area contributed by atoms with Gasteiger partial charge in [0.05, 0.1) is 0 Å². The van der Waals surface area contributed by atoms with Gasteiger partial charge in [-0.15, -0.1) is 0 Å². The third kappa shape index (κ3) is 0.232. The van der Waals surface area contributed by atoms with Crippen molar-refractivity contribution < 1.29 is 0 Å². The van der Waals surface area contributed by atoms with Crippen molar-refractivity contribution in [2.75, 3.05) is 0 Å². The fourth-order valence-corrected chi connectivity index (χ4v) is 154. The zero-order valence-electron chi connectivity index (χ0n) is 2.55. The third-order valence-corrected chi connectivity index (χ3v) is 99.2. The number of hydrogen-bond donors (Lipinski definition) is 1. The summed E-state index contributed by atoms with van der Waals surface area (Å²) in [5, 5.41) is 0. The van der Waals surface area contributed by atoms with Gasteiger partial charge in [0.1, 0.15) is 0 Å². The molecule has 0 aromatic carbocycles. The second-order valence-electron chi connectivity index (χ2n) is 1.59. The van der Waals surface area contributed by atoms with Gasteiger partial charge in [-0.05, 0) is 0 Å². The molecule has 6 heteroatoms. The van der Waals surface area contributed by atoms with Crippen molar-refractivity contribution in [1.29, 1.82) is 0 Å². The third-order valence-electron chi connectivity index (χ3n) is 1.15. The number of rotatable bonds is 0. The molecular formula is H2IPS4. The van der Waals surface area contributed by atoms with Gasteiger partial charge in [-0.3, -0.25) is 0 Å². The van der Waals surface area contributed by atoms with Crippen LogP contribution in [0.2, 0.25) is 0 Å². The van der Waals surface area contributed by atoms with Crippen molar-refractivity contribution in [3.05, 3.63) is 0 Å². The molecular weight excluding hydrogens is 286 g/mol. The second kappa shape index (κ2) is 0.700. The first-order chi connectivity index (χ1) is 2.68. The van der Waals surface area contributed by atoms with E-state index in [2.05, 4.69) is 52.4 Å². The Hall–Kier alpha value is 2.56. The SMILES string of the molecule is I[SH]123S[PH]1(S2)S3. The molecule has 3 rings (SSSR count). The maximum atomic E-state index is 2.74. The van der Waals surface area contributed by atoms with Crippen LogP contribution in [0.5, 0.6) is 0 Å². The Morgan fingerprint density at radius 3 is 1.50 bits per heavy atom. The van der Waals surface area contributed by atoms with Crippen LogP contribution in [0, 0.1) is 0 Å². The van der Waals surface area contributed by atoms with Crippen LogP contribution in [-0.2, 0) is 0 Å². The first-order valence-corrected chi connectivity index (χ1v) is 15.9. The molecule has 0 atom stereocenters. The van der Waals surface area contributed by atoms with Crippen molar-refractivity contribution in [3.8, 4) is 0 Å². The molecule has 0 aliphatic carbocycles. The van der Waals surface area contributed by atoms with E-state index in [4.69, 9.17) is 0 Å². The Morgan fingerprint density at radius 1 is 1.33 bits per heavy atom. The van der Waals surface area contributed by atoms with Crippen LogP contribution in [0.1, 0.15) is 0 Å². The first kappa shape index (κ1) is 4.39. The summed E-state index contributed by atoms with van der Waals surface area (Å²) in [7, 11) is 7.15. The van der Waals surface area contributed by atoms with E-state index >= 15 is 0 Å². The Labute approximate surface area is 58.7 Å². The van der Waals surface area contributed by atoms with Crippen LogP contribution in [-0.4, -0.2) is 0 Å². The van der Waals surface area contributed by atoms with Crippen LogP contribution in [0.3, 0.4) is 0 Å². The van der Waals surface area contributed by atoms with Crippen LogP contribution < -0.4 is 0 Å². The van der Waals surface area contributed by atoms with Crippen molar-refractivity contribution in [3.63, 3.8) is 0 Å². The van der Waals surface area contributed by atoms with Gasteiger partial charge in [0.2, 0.25) is 0 Å². The molecule has 0 aromatic rings. The van der Waals surface area contributed by atoms with E-state index in [0.29, 0.717) is 0 Å². The molecule has 3 aliphatic rings. The van der Waals surface area contributed by atoms with Crippen LogP contribution in [0.4, 0.5) is 0 Å². The zero-order chi connectivity index (χ0) is 4.07. The molecule has 3 aliphatic heterocycles. The van der Waals surface area contributed by atoms with Crippen LogP contribution in [0.15, 0.2) is 0 Å². The van der Waals surface area contributed by atoms with E-state index in [1.807, 2.05) is 0 Å². The van der Waals surface area contributed by atoms with Crippen molar-refractivity contribution in [2.45, 2.75) is 0 Å². The minimum absolute atomic E-state index is 0.306. The molecule has 3 fully saturated rings. The molecule has 3 heterocycles. The van der Waals surface area contributed by atoms with Gasteiger partial charge >= 0.3 is 59.6 Å². The van der Waals surface area contributed by atoms with E-state index in [0.717, 1.165) is 0 Å². The molecule has 0 unspecified atom stereocenters. The van der Waals surface area contributed by atoms with E-state index in [1.54, 1.807) is 0 Å². The van der Waals surface area contributed by atoms with Gasteiger partial charge in [0.25, 0.3) is 0 Å². The van der Waals surface area contributed by atoms with Crippen molar-refractivity contribution >= 4 is 59.6 Å². The number of halogens is 1. The topological polar surface area (TPSA) is 0 Å². The summed E-state index contributed by atoms with van der Waals surface area (Å²) in [5.74, 6) is 0. The molecule has 38 valence electrons. The molecule has 0 amide bonds. The van der Waals surface area contributed by atoms with E-state index in [1.165, 1.54) is 0 Å². The van der Waals surface area contributed by atoms with E-state index in [9.17, 15) is 0 Å². The predicted octanol–water partition coefficient (Wildman–Crippen LogP) is 3.80. The summed E-state index contributed by atoms with van der Waals surface area (Å²) in [6, 6.07) is 0. The summed E-state index contributed by atoms with van der Waals surface area (Å²) >= 11 is 2.74. The van der Waals surface area contributed by atoms with Crippen LogP contribution >= 0.6 is 59.6 Å². The van der Waals surface area contributed by atoms with Gasteiger partial charge in [-0.2, -0.15) is 0 Å². The van der Waals surface area contributed by atoms with Gasteiger partial charge in [0.15, 0.2) is 0 Å². The average molecular weight is 288 g/mol. The summed E-state index contributed by atoms with van der Waals surface area (Å²) in [6.07, 6.45) is 0. The van der Waals surface area contributed by atoms with Gasteiger partial charge < -0.3 is 0 Å². The Balaban J connectivity index is 2.48. The predicted molar refractivity (Wildman–Crippen MR) is 54.1 cm³/mol. The molecule has 0 radical (unpaired) electrons. The van der Waals surface area contributed by atoms with E-state index in [-0.39, 0.29) is 4.07 Å². The zero-order valence-corrected chi connectivity index (χ0v) is 9.05. The van der Waals surface area contributed by atoms with Gasteiger partial charge in [-0.1, -0.05) is 0 Å². The molecule has 0 nitrogen and oxygen atoms in total. The summed E-state index contributed by atoms with van der Waals surface area (Å²) in [4.78, 5) is 0. The molecule has 3 saturated heterocycles. The normalized spacial score (nSPS) is 67.2. The molecule has 0 saturated carbocycles. The molecule has 0 bridgehead atoms. The Bertz CT molecular complexity index is 140. The Morgan fingerprint density at radius 2 is 1.50 bits per heavy atom. The van der Waals surface area contributed by atoms with Crippen molar-refractivity contribution in [1.82, 2.24) is 0 Å². The fourth-order valence-electron chi connectivity index (χ4n) is 0.546. The number of hydrogen-bond acceptors (Lipinski definition) is 3. The fraction of sp³-hybridized carbons (Fsp3) is 0. The van der Waals surface area contributed by atoms with E-state index < -0.39 is 3.05 Å². The van der Waals surface area contributed by atoms with Gasteiger partial charge in [-0.25, -0.2) is 0 Å². The molecule has 0 N–H and O–H groups in total. The van der Waals surface area contributed by atoms with Crippen LogP contribution in [0.25, 0.3) is 0 Å². The quantitative estimate of drug-likeness (QED) is 0.237. The first-order valence-electron chi connectivity index (χ1n) is 1.55. The standard InChI is InChI=1S/H2IPS4/c1-6-2(3-6,4-6)5-6/h2,6H. The summed E-state index contributed by atoms with van der Waals surface area (Å²) in [5.41, 5.74) is 0. The molecule has 0 aromatic heterocycles. The second-order valence-corrected chi connectivity index (χ2v) is 52.6. The molecule has 0 spiro atoms.